The molecule has 1 aliphatic heterocycles. The van der Waals surface area contributed by atoms with E-state index in [4.69, 9.17) is 0 Å². The van der Waals surface area contributed by atoms with E-state index in [0.29, 0.717) is 6.54 Å². The first-order chi connectivity index (χ1) is 7.75. The fourth-order valence-corrected chi connectivity index (χ4v) is 1.80. The third-order valence-electron chi connectivity index (χ3n) is 2.68. The third-order valence-corrected chi connectivity index (χ3v) is 2.68. The Kier molecular flexibility index (Phi) is 3.29. The van der Waals surface area contributed by atoms with Crippen LogP contribution in [0.1, 0.15) is 12.5 Å². The van der Waals surface area contributed by atoms with Gasteiger partial charge >= 0.3 is 0 Å². The molecule has 0 fully saturated rings. The number of aliphatic imine (C=N–C) groups is 1. The van der Waals surface area contributed by atoms with Crippen LogP contribution in [-0.2, 0) is 11.2 Å². The van der Waals surface area contributed by atoms with Crippen molar-refractivity contribution in [3.8, 4) is 0 Å². The molecule has 0 N–H and O–H groups in total. The highest BCUT2D eigenvalue weighted by molar-refractivity contribution is 5.91. The molecular formula is C12H15N3O. The minimum atomic E-state index is 0.127. The van der Waals surface area contributed by atoms with E-state index >= 15 is 0 Å². The van der Waals surface area contributed by atoms with Gasteiger partial charge in [0, 0.05) is 38.0 Å². The molecule has 0 saturated carbocycles. The average molecular weight is 217 g/mol. The molecule has 0 atom stereocenters. The van der Waals surface area contributed by atoms with Gasteiger partial charge in [0.1, 0.15) is 0 Å². The summed E-state index contributed by atoms with van der Waals surface area (Å²) in [6.07, 6.45) is 4.37. The maximum absolute atomic E-state index is 11.3. The first-order valence-electron chi connectivity index (χ1n) is 5.42. The standard InChI is InChI=1S/C12H15N3O/c1-10(16)15-7-6-14-12(9-15)8-11-2-4-13-5-3-11/h2-5H,6-9H2,1H3. The molecule has 1 amide bonds. The van der Waals surface area contributed by atoms with E-state index in [-0.39, 0.29) is 5.91 Å². The summed E-state index contributed by atoms with van der Waals surface area (Å²) in [5.41, 5.74) is 2.27. The predicted octanol–water partition coefficient (Wildman–Crippen LogP) is 0.927. The lowest BCUT2D eigenvalue weighted by molar-refractivity contribution is -0.128. The highest BCUT2D eigenvalue weighted by Crippen LogP contribution is 2.05. The zero-order valence-electron chi connectivity index (χ0n) is 9.39. The Morgan fingerprint density at radius 2 is 2.19 bits per heavy atom. The molecule has 1 aromatic heterocycles. The van der Waals surface area contributed by atoms with E-state index in [2.05, 4.69) is 9.98 Å². The van der Waals surface area contributed by atoms with Crippen LogP contribution in [0.5, 0.6) is 0 Å². The van der Waals surface area contributed by atoms with Crippen LogP contribution in [0.15, 0.2) is 29.5 Å². The van der Waals surface area contributed by atoms with E-state index in [1.165, 1.54) is 5.56 Å². The zero-order chi connectivity index (χ0) is 11.4. The molecule has 1 aliphatic rings. The molecule has 0 saturated heterocycles. The van der Waals surface area contributed by atoms with E-state index in [1.54, 1.807) is 19.3 Å². The molecule has 0 spiro atoms. The van der Waals surface area contributed by atoms with Gasteiger partial charge in [-0.3, -0.25) is 14.8 Å². The quantitative estimate of drug-likeness (QED) is 0.739. The molecule has 4 heteroatoms. The van der Waals surface area contributed by atoms with Crippen molar-refractivity contribution in [2.45, 2.75) is 13.3 Å². The number of rotatable bonds is 2. The van der Waals surface area contributed by atoms with Crippen LogP contribution in [0.2, 0.25) is 0 Å². The molecular weight excluding hydrogens is 202 g/mol. The monoisotopic (exact) mass is 217 g/mol. The summed E-state index contributed by atoms with van der Waals surface area (Å²) in [6.45, 7) is 3.74. The van der Waals surface area contributed by atoms with E-state index in [0.717, 1.165) is 25.2 Å². The topological polar surface area (TPSA) is 45.6 Å². The Morgan fingerprint density at radius 1 is 1.44 bits per heavy atom. The van der Waals surface area contributed by atoms with Gasteiger partial charge in [0.15, 0.2) is 0 Å². The van der Waals surface area contributed by atoms with Gasteiger partial charge in [0.2, 0.25) is 5.91 Å². The van der Waals surface area contributed by atoms with Gasteiger partial charge in [0.05, 0.1) is 13.1 Å². The largest absolute Gasteiger partial charge is 0.336 e. The summed E-state index contributed by atoms with van der Waals surface area (Å²) < 4.78 is 0. The highest BCUT2D eigenvalue weighted by atomic mass is 16.2. The smallest absolute Gasteiger partial charge is 0.219 e. The third kappa shape index (κ3) is 2.66. The van der Waals surface area contributed by atoms with Gasteiger partial charge in [-0.05, 0) is 17.7 Å². The maximum atomic E-state index is 11.3. The Hall–Kier alpha value is -1.71. The summed E-state index contributed by atoms with van der Waals surface area (Å²) in [5.74, 6) is 0.127. The van der Waals surface area contributed by atoms with Crippen LogP contribution in [0, 0.1) is 0 Å². The normalized spacial score (nSPS) is 15.8. The molecule has 0 aromatic carbocycles. The summed E-state index contributed by atoms with van der Waals surface area (Å²) >= 11 is 0. The molecule has 0 aliphatic carbocycles. The van der Waals surface area contributed by atoms with Crippen molar-refractivity contribution >= 4 is 11.6 Å². The van der Waals surface area contributed by atoms with Crippen molar-refractivity contribution in [3.05, 3.63) is 30.1 Å². The van der Waals surface area contributed by atoms with Gasteiger partial charge in [-0.15, -0.1) is 0 Å². The van der Waals surface area contributed by atoms with Crippen LogP contribution in [0.4, 0.5) is 0 Å². The first kappa shape index (κ1) is 10.8. The van der Waals surface area contributed by atoms with Crippen LogP contribution in [-0.4, -0.2) is 41.1 Å². The van der Waals surface area contributed by atoms with E-state index in [9.17, 15) is 4.79 Å². The minimum Gasteiger partial charge on any atom is -0.336 e. The van der Waals surface area contributed by atoms with Crippen LogP contribution in [0.3, 0.4) is 0 Å². The summed E-state index contributed by atoms with van der Waals surface area (Å²) in [6, 6.07) is 3.96. The number of carbonyl (C=O) groups excluding carboxylic acids is 1. The van der Waals surface area contributed by atoms with E-state index in [1.807, 2.05) is 17.0 Å². The fraction of sp³-hybridized carbons (Fsp3) is 0.417. The summed E-state index contributed by atoms with van der Waals surface area (Å²) in [5, 5.41) is 0. The lowest BCUT2D eigenvalue weighted by atomic mass is 10.1. The molecule has 2 rings (SSSR count). The summed E-state index contributed by atoms with van der Waals surface area (Å²) in [4.78, 5) is 21.5. The number of hydrogen-bond acceptors (Lipinski definition) is 3. The Labute approximate surface area is 95.0 Å². The zero-order valence-corrected chi connectivity index (χ0v) is 9.39. The number of pyridine rings is 1. The second-order valence-corrected chi connectivity index (χ2v) is 3.92. The number of aromatic nitrogens is 1. The molecule has 84 valence electrons. The molecule has 1 aromatic rings. The average Bonchev–Trinajstić information content (AvgIpc) is 2.30. The predicted molar refractivity (Wildman–Crippen MR) is 62.5 cm³/mol. The lowest BCUT2D eigenvalue weighted by Gasteiger charge is -2.25. The number of amides is 1. The summed E-state index contributed by atoms with van der Waals surface area (Å²) in [7, 11) is 0. The number of carbonyl (C=O) groups is 1. The van der Waals surface area contributed by atoms with Gasteiger partial charge < -0.3 is 4.90 Å². The molecule has 2 heterocycles. The Balaban J connectivity index is 2.01. The molecule has 0 bridgehead atoms. The molecule has 0 unspecified atom stereocenters. The Morgan fingerprint density at radius 3 is 2.88 bits per heavy atom. The fourth-order valence-electron chi connectivity index (χ4n) is 1.80. The van der Waals surface area contributed by atoms with Crippen molar-refractivity contribution in [2.75, 3.05) is 19.6 Å². The van der Waals surface area contributed by atoms with Crippen LogP contribution >= 0.6 is 0 Å². The Bertz CT molecular complexity index is 400. The van der Waals surface area contributed by atoms with Crippen molar-refractivity contribution in [1.82, 2.24) is 9.88 Å². The van der Waals surface area contributed by atoms with Crippen molar-refractivity contribution in [2.24, 2.45) is 4.99 Å². The van der Waals surface area contributed by atoms with Gasteiger partial charge in [0.25, 0.3) is 0 Å². The minimum absolute atomic E-state index is 0.127. The second-order valence-electron chi connectivity index (χ2n) is 3.92. The molecule has 4 nitrogen and oxygen atoms in total. The van der Waals surface area contributed by atoms with Crippen LogP contribution in [0.25, 0.3) is 0 Å². The van der Waals surface area contributed by atoms with Crippen molar-refractivity contribution in [1.29, 1.82) is 0 Å². The SMILES string of the molecule is CC(=O)N1CCN=C(Cc2ccncc2)C1. The first-order valence-corrected chi connectivity index (χ1v) is 5.42. The number of hydrogen-bond donors (Lipinski definition) is 0. The number of nitrogens with zero attached hydrogens (tertiary/aromatic N) is 3. The van der Waals surface area contributed by atoms with Crippen LogP contribution < -0.4 is 0 Å². The van der Waals surface area contributed by atoms with Gasteiger partial charge in [-0.2, -0.15) is 0 Å². The second kappa shape index (κ2) is 4.88. The van der Waals surface area contributed by atoms with E-state index < -0.39 is 0 Å². The highest BCUT2D eigenvalue weighted by Gasteiger charge is 2.15. The lowest BCUT2D eigenvalue weighted by Crippen LogP contribution is -2.40. The molecule has 16 heavy (non-hydrogen) atoms. The van der Waals surface area contributed by atoms with Gasteiger partial charge in [-0.1, -0.05) is 0 Å². The van der Waals surface area contributed by atoms with Gasteiger partial charge in [-0.25, -0.2) is 0 Å². The van der Waals surface area contributed by atoms with Crippen molar-refractivity contribution in [3.63, 3.8) is 0 Å². The van der Waals surface area contributed by atoms with Crippen molar-refractivity contribution < 1.29 is 4.79 Å². The molecule has 0 radical (unpaired) electrons. The maximum Gasteiger partial charge on any atom is 0.219 e.